The zero-order valence-corrected chi connectivity index (χ0v) is 12.9. The maximum absolute atomic E-state index is 6.27. The van der Waals surface area contributed by atoms with Crippen LogP contribution in [-0.2, 0) is 0 Å². The molecular weight excluding hydrogens is 270 g/mol. The van der Waals surface area contributed by atoms with Crippen LogP contribution in [0.4, 0.5) is 5.69 Å². The fourth-order valence-electron chi connectivity index (χ4n) is 2.64. The Bertz CT molecular complexity index is 427. The van der Waals surface area contributed by atoms with E-state index in [4.69, 9.17) is 11.6 Å². The van der Waals surface area contributed by atoms with Crippen molar-refractivity contribution in [3.8, 4) is 0 Å². The lowest BCUT2D eigenvalue weighted by molar-refractivity contribution is 0.194. The van der Waals surface area contributed by atoms with Crippen LogP contribution < -0.4 is 10.2 Å². The summed E-state index contributed by atoms with van der Waals surface area (Å²) in [6.07, 6.45) is 1.90. The van der Waals surface area contributed by atoms with Crippen molar-refractivity contribution >= 4 is 17.3 Å². The average molecular weight is 294 g/mol. The second-order valence-electron chi connectivity index (χ2n) is 5.27. The minimum Gasteiger partial charge on any atom is -0.368 e. The number of rotatable bonds is 6. The van der Waals surface area contributed by atoms with Crippen LogP contribution >= 0.6 is 11.6 Å². The van der Waals surface area contributed by atoms with E-state index in [1.807, 2.05) is 18.2 Å². The predicted molar refractivity (Wildman–Crippen MR) is 87.8 cm³/mol. The van der Waals surface area contributed by atoms with Gasteiger partial charge in [-0.1, -0.05) is 29.8 Å². The highest BCUT2D eigenvalue weighted by molar-refractivity contribution is 6.33. The molecule has 0 saturated carbocycles. The van der Waals surface area contributed by atoms with Gasteiger partial charge in [0, 0.05) is 45.3 Å². The third kappa shape index (κ3) is 3.98. The van der Waals surface area contributed by atoms with E-state index in [9.17, 15) is 0 Å². The summed E-state index contributed by atoms with van der Waals surface area (Å²) >= 11 is 6.27. The van der Waals surface area contributed by atoms with Crippen molar-refractivity contribution in [2.24, 2.45) is 0 Å². The Hall–Kier alpha value is -1.03. The van der Waals surface area contributed by atoms with E-state index in [-0.39, 0.29) is 0 Å². The molecule has 1 atom stereocenters. The first-order chi connectivity index (χ1) is 9.72. The molecule has 1 aromatic carbocycles. The Morgan fingerprint density at radius 1 is 1.30 bits per heavy atom. The van der Waals surface area contributed by atoms with Gasteiger partial charge in [0.25, 0.3) is 0 Å². The summed E-state index contributed by atoms with van der Waals surface area (Å²) in [4.78, 5) is 4.91. The molecule has 1 unspecified atom stereocenters. The van der Waals surface area contributed by atoms with Crippen molar-refractivity contribution in [3.63, 3.8) is 0 Å². The molecule has 1 heterocycles. The predicted octanol–water partition coefficient (Wildman–Crippen LogP) is 2.63. The number of piperazine rings is 1. The summed E-state index contributed by atoms with van der Waals surface area (Å²) in [7, 11) is 0. The lowest BCUT2D eigenvalue weighted by atomic mass is 10.2. The lowest BCUT2D eigenvalue weighted by Gasteiger charge is -2.39. The van der Waals surface area contributed by atoms with Gasteiger partial charge >= 0.3 is 0 Å². The van der Waals surface area contributed by atoms with E-state index in [2.05, 4.69) is 40.8 Å². The minimum atomic E-state index is 0.559. The fourth-order valence-corrected chi connectivity index (χ4v) is 2.89. The third-order valence-electron chi connectivity index (χ3n) is 3.86. The number of anilines is 1. The molecule has 110 valence electrons. The van der Waals surface area contributed by atoms with E-state index in [1.165, 1.54) is 0 Å². The van der Waals surface area contributed by atoms with Gasteiger partial charge < -0.3 is 10.2 Å². The van der Waals surface area contributed by atoms with Crippen LogP contribution in [-0.4, -0.2) is 50.2 Å². The molecule has 0 aliphatic carbocycles. The van der Waals surface area contributed by atoms with E-state index in [0.717, 1.165) is 50.0 Å². The van der Waals surface area contributed by atoms with Crippen LogP contribution in [0.2, 0.25) is 5.02 Å². The summed E-state index contributed by atoms with van der Waals surface area (Å²) in [5.74, 6) is 0. The average Bonchev–Trinajstić information content (AvgIpc) is 2.48. The van der Waals surface area contributed by atoms with E-state index in [1.54, 1.807) is 0 Å². The molecule has 1 N–H and O–H groups in total. The van der Waals surface area contributed by atoms with Gasteiger partial charge in [0.1, 0.15) is 0 Å². The molecule has 1 saturated heterocycles. The zero-order valence-electron chi connectivity index (χ0n) is 12.2. The van der Waals surface area contributed by atoms with Crippen LogP contribution in [0.1, 0.15) is 6.92 Å². The zero-order chi connectivity index (χ0) is 14.4. The van der Waals surface area contributed by atoms with Crippen molar-refractivity contribution < 1.29 is 0 Å². The number of hydrogen-bond acceptors (Lipinski definition) is 3. The normalized spacial score (nSPS) is 18.0. The van der Waals surface area contributed by atoms with Crippen LogP contribution in [0.5, 0.6) is 0 Å². The molecule has 0 aromatic heterocycles. The maximum Gasteiger partial charge on any atom is 0.0639 e. The number of hydrogen-bond donors (Lipinski definition) is 1. The van der Waals surface area contributed by atoms with Gasteiger partial charge in [0.2, 0.25) is 0 Å². The molecule has 0 spiro atoms. The SMILES string of the molecule is C=CCNCC(C)N1CCN(c2ccccc2Cl)CC1. The van der Waals surface area contributed by atoms with Crippen LogP contribution in [0.15, 0.2) is 36.9 Å². The van der Waals surface area contributed by atoms with Gasteiger partial charge in [-0.25, -0.2) is 0 Å². The van der Waals surface area contributed by atoms with Crippen molar-refractivity contribution in [1.29, 1.82) is 0 Å². The molecule has 1 aliphatic rings. The first-order valence-corrected chi connectivity index (χ1v) is 7.65. The van der Waals surface area contributed by atoms with Crippen molar-refractivity contribution in [2.75, 3.05) is 44.2 Å². The van der Waals surface area contributed by atoms with Crippen LogP contribution in [0.25, 0.3) is 0 Å². The number of nitrogens with one attached hydrogen (secondary N) is 1. The van der Waals surface area contributed by atoms with Crippen molar-refractivity contribution in [2.45, 2.75) is 13.0 Å². The molecule has 1 fully saturated rings. The molecule has 0 radical (unpaired) electrons. The standard InChI is InChI=1S/C16H24ClN3/c1-3-8-18-13-14(2)19-9-11-20(12-10-19)16-7-5-4-6-15(16)17/h3-7,14,18H,1,8-13H2,2H3. The van der Waals surface area contributed by atoms with Gasteiger partial charge in [-0.15, -0.1) is 6.58 Å². The van der Waals surface area contributed by atoms with Gasteiger partial charge in [0.05, 0.1) is 10.7 Å². The second kappa shape index (κ2) is 7.67. The molecular formula is C16H24ClN3. The second-order valence-corrected chi connectivity index (χ2v) is 5.68. The number of halogens is 1. The van der Waals surface area contributed by atoms with Gasteiger partial charge in [0.15, 0.2) is 0 Å². The molecule has 1 aromatic rings. The topological polar surface area (TPSA) is 18.5 Å². The van der Waals surface area contributed by atoms with E-state index >= 15 is 0 Å². The molecule has 0 bridgehead atoms. The minimum absolute atomic E-state index is 0.559. The van der Waals surface area contributed by atoms with E-state index < -0.39 is 0 Å². The van der Waals surface area contributed by atoms with Crippen molar-refractivity contribution in [3.05, 3.63) is 41.9 Å². The molecule has 20 heavy (non-hydrogen) atoms. The summed E-state index contributed by atoms with van der Waals surface area (Å²) in [5.41, 5.74) is 1.16. The Morgan fingerprint density at radius 3 is 2.65 bits per heavy atom. The smallest absolute Gasteiger partial charge is 0.0639 e. The lowest BCUT2D eigenvalue weighted by Crippen LogP contribution is -2.52. The Morgan fingerprint density at radius 2 is 2.00 bits per heavy atom. The highest BCUT2D eigenvalue weighted by Gasteiger charge is 2.21. The summed E-state index contributed by atoms with van der Waals surface area (Å²) in [6.45, 7) is 12.1. The fraction of sp³-hybridized carbons (Fsp3) is 0.500. The largest absolute Gasteiger partial charge is 0.368 e. The molecule has 0 amide bonds. The number of nitrogens with zero attached hydrogens (tertiary/aromatic N) is 2. The number of benzene rings is 1. The summed E-state index contributed by atoms with van der Waals surface area (Å²) < 4.78 is 0. The molecule has 1 aliphatic heterocycles. The monoisotopic (exact) mass is 293 g/mol. The van der Waals surface area contributed by atoms with Gasteiger partial charge in [-0.3, -0.25) is 4.90 Å². The van der Waals surface area contributed by atoms with Crippen LogP contribution in [0.3, 0.4) is 0 Å². The first-order valence-electron chi connectivity index (χ1n) is 7.27. The van der Waals surface area contributed by atoms with E-state index in [0.29, 0.717) is 6.04 Å². The Labute approximate surface area is 127 Å². The molecule has 2 rings (SSSR count). The van der Waals surface area contributed by atoms with Gasteiger partial charge in [-0.05, 0) is 19.1 Å². The first kappa shape index (κ1) is 15.4. The van der Waals surface area contributed by atoms with Crippen LogP contribution in [0, 0.1) is 0 Å². The highest BCUT2D eigenvalue weighted by atomic mass is 35.5. The Kier molecular flexibility index (Phi) is 5.89. The maximum atomic E-state index is 6.27. The van der Waals surface area contributed by atoms with Crippen molar-refractivity contribution in [1.82, 2.24) is 10.2 Å². The highest BCUT2D eigenvalue weighted by Crippen LogP contribution is 2.26. The molecule has 3 nitrogen and oxygen atoms in total. The number of para-hydroxylation sites is 1. The quantitative estimate of drug-likeness (QED) is 0.642. The summed E-state index contributed by atoms with van der Waals surface area (Å²) in [6, 6.07) is 8.66. The molecule has 4 heteroatoms. The van der Waals surface area contributed by atoms with Gasteiger partial charge in [-0.2, -0.15) is 0 Å². The Balaban J connectivity index is 1.83. The third-order valence-corrected chi connectivity index (χ3v) is 4.18. The summed E-state index contributed by atoms with van der Waals surface area (Å²) in [5, 5.41) is 4.24.